The van der Waals surface area contributed by atoms with Gasteiger partial charge in [0.05, 0.1) is 6.10 Å². The minimum absolute atomic E-state index is 0.124. The second-order valence-corrected chi connectivity index (χ2v) is 7.19. The minimum atomic E-state index is 0.124. The first kappa shape index (κ1) is 17.5. The highest BCUT2D eigenvalue weighted by Gasteiger charge is 2.21. The monoisotopic (exact) mass is 304 g/mol. The normalized spacial score (nSPS) is 22.2. The summed E-state index contributed by atoms with van der Waals surface area (Å²) >= 11 is 0. The molecule has 2 aliphatic rings. The zero-order chi connectivity index (χ0) is 15.8. The fourth-order valence-corrected chi connectivity index (χ4v) is 3.65. The number of Topliss-reactive ketones (excluding diaryl/α,β-unsaturated/α-hetero) is 1. The molecule has 2 heteroatoms. The number of rotatable bonds is 8. The van der Waals surface area contributed by atoms with Gasteiger partial charge in [-0.2, -0.15) is 0 Å². The topological polar surface area (TPSA) is 26.3 Å². The number of ether oxygens (including phenoxy) is 1. The van der Waals surface area contributed by atoms with E-state index in [1.165, 1.54) is 37.7 Å². The summed E-state index contributed by atoms with van der Waals surface area (Å²) in [6, 6.07) is 0. The molecule has 0 aromatic carbocycles. The lowest BCUT2D eigenvalue weighted by molar-refractivity contribution is -0.122. The molecule has 0 radical (unpaired) electrons. The van der Waals surface area contributed by atoms with Crippen LogP contribution in [0.3, 0.4) is 0 Å². The van der Waals surface area contributed by atoms with Gasteiger partial charge in [-0.05, 0) is 58.3 Å². The van der Waals surface area contributed by atoms with Crippen LogP contribution in [0, 0.1) is 11.8 Å². The number of carbonyl (C=O) groups excluding carboxylic acids is 1. The summed E-state index contributed by atoms with van der Waals surface area (Å²) < 4.78 is 6.07. The zero-order valence-corrected chi connectivity index (χ0v) is 14.4. The molecule has 0 bridgehead atoms. The molecular weight excluding hydrogens is 272 g/mol. The number of hydrogen-bond donors (Lipinski definition) is 0. The van der Waals surface area contributed by atoms with Gasteiger partial charge in [-0.1, -0.05) is 43.1 Å². The summed E-state index contributed by atoms with van der Waals surface area (Å²) in [6.07, 6.45) is 17.5. The van der Waals surface area contributed by atoms with E-state index in [2.05, 4.69) is 25.2 Å². The predicted octanol–water partition coefficient (Wildman–Crippen LogP) is 5.23. The average molecular weight is 304 g/mol. The summed E-state index contributed by atoms with van der Waals surface area (Å²) in [4.78, 5) is 12.0. The SMILES string of the molecule is CC(=O)C(CC1=CC=CCC1)CC(C)OCC1CCCCC1. The summed E-state index contributed by atoms with van der Waals surface area (Å²) in [5.41, 5.74) is 1.42. The fraction of sp³-hybridized carbons (Fsp3) is 0.750. The molecule has 2 unspecified atom stereocenters. The molecule has 0 aromatic heterocycles. The Morgan fingerprint density at radius 2 is 2.09 bits per heavy atom. The van der Waals surface area contributed by atoms with Crippen LogP contribution in [0.2, 0.25) is 0 Å². The molecule has 22 heavy (non-hydrogen) atoms. The molecular formula is C20H32O2. The van der Waals surface area contributed by atoms with Gasteiger partial charge in [0.1, 0.15) is 5.78 Å². The van der Waals surface area contributed by atoms with Crippen LogP contribution in [0.25, 0.3) is 0 Å². The van der Waals surface area contributed by atoms with Crippen molar-refractivity contribution in [3.05, 3.63) is 23.8 Å². The van der Waals surface area contributed by atoms with Crippen molar-refractivity contribution in [3.8, 4) is 0 Å². The smallest absolute Gasteiger partial charge is 0.133 e. The van der Waals surface area contributed by atoms with Crippen molar-refractivity contribution in [2.45, 2.75) is 77.7 Å². The molecule has 0 amide bonds. The third kappa shape index (κ3) is 6.08. The lowest BCUT2D eigenvalue weighted by Gasteiger charge is -2.25. The minimum Gasteiger partial charge on any atom is -0.378 e. The van der Waals surface area contributed by atoms with Crippen LogP contribution in [-0.4, -0.2) is 18.5 Å². The van der Waals surface area contributed by atoms with Gasteiger partial charge in [0, 0.05) is 12.5 Å². The predicted molar refractivity (Wildman–Crippen MR) is 91.9 cm³/mol. The Morgan fingerprint density at radius 1 is 1.32 bits per heavy atom. The van der Waals surface area contributed by atoms with E-state index in [4.69, 9.17) is 4.74 Å². The Morgan fingerprint density at radius 3 is 2.73 bits per heavy atom. The molecule has 2 atom stereocenters. The van der Waals surface area contributed by atoms with Gasteiger partial charge in [0.25, 0.3) is 0 Å². The maximum atomic E-state index is 12.0. The second kappa shape index (κ2) is 9.29. The van der Waals surface area contributed by atoms with Crippen molar-refractivity contribution in [1.29, 1.82) is 0 Å². The van der Waals surface area contributed by atoms with Crippen molar-refractivity contribution >= 4 is 5.78 Å². The first-order chi connectivity index (χ1) is 10.6. The van der Waals surface area contributed by atoms with Crippen LogP contribution in [-0.2, 0) is 9.53 Å². The van der Waals surface area contributed by atoms with Gasteiger partial charge in [0.15, 0.2) is 0 Å². The average Bonchev–Trinajstić information content (AvgIpc) is 2.54. The number of carbonyl (C=O) groups is 1. The van der Waals surface area contributed by atoms with Gasteiger partial charge in [-0.15, -0.1) is 0 Å². The highest BCUT2D eigenvalue weighted by molar-refractivity contribution is 5.78. The van der Waals surface area contributed by atoms with E-state index in [0.717, 1.165) is 38.2 Å². The quantitative estimate of drug-likeness (QED) is 0.613. The Bertz CT molecular complexity index is 402. The molecule has 2 aliphatic carbocycles. The molecule has 2 nitrogen and oxygen atoms in total. The van der Waals surface area contributed by atoms with Crippen LogP contribution < -0.4 is 0 Å². The van der Waals surface area contributed by atoms with Crippen LogP contribution >= 0.6 is 0 Å². The molecule has 2 rings (SSSR count). The van der Waals surface area contributed by atoms with E-state index in [0.29, 0.717) is 5.78 Å². The molecule has 1 fully saturated rings. The number of ketones is 1. The van der Waals surface area contributed by atoms with E-state index >= 15 is 0 Å². The van der Waals surface area contributed by atoms with Crippen LogP contribution in [0.4, 0.5) is 0 Å². The fourth-order valence-electron chi connectivity index (χ4n) is 3.65. The first-order valence-electron chi connectivity index (χ1n) is 9.11. The van der Waals surface area contributed by atoms with E-state index in [-0.39, 0.29) is 12.0 Å². The molecule has 0 aromatic rings. The summed E-state index contributed by atoms with van der Waals surface area (Å²) in [5, 5.41) is 0. The Labute approximate surface area is 136 Å². The molecule has 0 saturated heterocycles. The first-order valence-corrected chi connectivity index (χ1v) is 9.11. The lowest BCUT2D eigenvalue weighted by atomic mass is 9.87. The highest BCUT2D eigenvalue weighted by atomic mass is 16.5. The number of hydrogen-bond acceptors (Lipinski definition) is 2. The maximum absolute atomic E-state index is 12.0. The molecule has 0 aliphatic heterocycles. The van der Waals surface area contributed by atoms with Crippen LogP contribution in [0.5, 0.6) is 0 Å². The van der Waals surface area contributed by atoms with Gasteiger partial charge in [0.2, 0.25) is 0 Å². The van der Waals surface area contributed by atoms with E-state index in [1.54, 1.807) is 6.92 Å². The second-order valence-electron chi connectivity index (χ2n) is 7.19. The van der Waals surface area contributed by atoms with Gasteiger partial charge >= 0.3 is 0 Å². The highest BCUT2D eigenvalue weighted by Crippen LogP contribution is 2.27. The largest absolute Gasteiger partial charge is 0.378 e. The third-order valence-corrected chi connectivity index (χ3v) is 5.14. The standard InChI is InChI=1S/C20H32O2/c1-16(22-15-19-11-7-4-8-12-19)13-20(17(2)21)14-18-9-5-3-6-10-18/h3,5,9,16,19-20H,4,6-8,10-15H2,1-2H3. The number of allylic oxidation sites excluding steroid dienone is 4. The van der Waals surface area contributed by atoms with Crippen molar-refractivity contribution < 1.29 is 9.53 Å². The van der Waals surface area contributed by atoms with Gasteiger partial charge in [-0.3, -0.25) is 4.79 Å². The Balaban J connectivity index is 1.75. The summed E-state index contributed by atoms with van der Waals surface area (Å²) in [5.74, 6) is 1.18. The molecule has 124 valence electrons. The third-order valence-electron chi connectivity index (χ3n) is 5.14. The van der Waals surface area contributed by atoms with Gasteiger partial charge < -0.3 is 4.74 Å². The Hall–Kier alpha value is -0.890. The van der Waals surface area contributed by atoms with E-state index < -0.39 is 0 Å². The van der Waals surface area contributed by atoms with E-state index in [9.17, 15) is 4.79 Å². The van der Waals surface area contributed by atoms with Crippen LogP contribution in [0.15, 0.2) is 23.8 Å². The van der Waals surface area contributed by atoms with Crippen molar-refractivity contribution in [1.82, 2.24) is 0 Å². The molecule has 0 N–H and O–H groups in total. The molecule has 0 spiro atoms. The van der Waals surface area contributed by atoms with Gasteiger partial charge in [-0.25, -0.2) is 0 Å². The van der Waals surface area contributed by atoms with Crippen LogP contribution in [0.1, 0.15) is 71.6 Å². The van der Waals surface area contributed by atoms with Crippen molar-refractivity contribution in [2.24, 2.45) is 11.8 Å². The molecule has 0 heterocycles. The molecule has 1 saturated carbocycles. The zero-order valence-electron chi connectivity index (χ0n) is 14.4. The summed E-state index contributed by atoms with van der Waals surface area (Å²) in [6.45, 7) is 4.75. The summed E-state index contributed by atoms with van der Waals surface area (Å²) in [7, 11) is 0. The van der Waals surface area contributed by atoms with Crippen molar-refractivity contribution in [2.75, 3.05) is 6.61 Å². The lowest BCUT2D eigenvalue weighted by Crippen LogP contribution is -2.23. The Kier molecular flexibility index (Phi) is 7.38. The maximum Gasteiger partial charge on any atom is 0.133 e. The van der Waals surface area contributed by atoms with E-state index in [1.807, 2.05) is 0 Å². The van der Waals surface area contributed by atoms with Crippen molar-refractivity contribution in [3.63, 3.8) is 0 Å².